The first kappa shape index (κ1) is 11.0. The summed E-state index contributed by atoms with van der Waals surface area (Å²) in [4.78, 5) is 22.7. The van der Waals surface area contributed by atoms with Gasteiger partial charge in [-0.25, -0.2) is 4.79 Å². The number of carbonyl (C=O) groups is 2. The third-order valence-corrected chi connectivity index (χ3v) is 2.04. The molecule has 0 aromatic rings. The number of amides is 1. The maximum absolute atomic E-state index is 11.5. The first-order valence-electron chi connectivity index (χ1n) is 4.83. The Morgan fingerprint density at radius 3 is 2.43 bits per heavy atom. The van der Waals surface area contributed by atoms with Crippen LogP contribution in [0.2, 0.25) is 0 Å². The molecule has 0 unspecified atom stereocenters. The Labute approximate surface area is 84.0 Å². The van der Waals surface area contributed by atoms with Crippen LogP contribution in [0, 0.1) is 5.92 Å². The van der Waals surface area contributed by atoms with Crippen molar-refractivity contribution in [1.29, 1.82) is 0 Å². The topological polar surface area (TPSA) is 55.4 Å². The van der Waals surface area contributed by atoms with Crippen molar-refractivity contribution < 1.29 is 14.3 Å². The molecule has 0 bridgehead atoms. The van der Waals surface area contributed by atoms with Gasteiger partial charge >= 0.3 is 5.97 Å². The van der Waals surface area contributed by atoms with E-state index in [4.69, 9.17) is 4.74 Å². The van der Waals surface area contributed by atoms with E-state index in [1.54, 1.807) is 6.92 Å². The van der Waals surface area contributed by atoms with Gasteiger partial charge in [-0.2, -0.15) is 0 Å². The summed E-state index contributed by atoms with van der Waals surface area (Å²) in [6.45, 7) is 7.24. The normalized spacial score (nSPS) is 27.3. The standard InChI is InChI=1S/C10H17NO3/c1-6-5-7(11-8(6)12)9(13)14-10(2,3)4/h6-7H,5H2,1-4H3,(H,11,12)/t6-,7+/m1/s1. The molecule has 1 amide bonds. The monoisotopic (exact) mass is 199 g/mol. The lowest BCUT2D eigenvalue weighted by atomic mass is 10.1. The molecule has 1 heterocycles. The van der Waals surface area contributed by atoms with Crippen molar-refractivity contribution in [2.24, 2.45) is 5.92 Å². The second-order valence-corrected chi connectivity index (χ2v) is 4.73. The molecule has 1 saturated heterocycles. The fraction of sp³-hybridized carbons (Fsp3) is 0.800. The van der Waals surface area contributed by atoms with Crippen LogP contribution in [0.4, 0.5) is 0 Å². The Bertz CT molecular complexity index is 255. The quantitative estimate of drug-likeness (QED) is 0.637. The highest BCUT2D eigenvalue weighted by Crippen LogP contribution is 2.18. The van der Waals surface area contributed by atoms with E-state index in [9.17, 15) is 9.59 Å². The van der Waals surface area contributed by atoms with Gasteiger partial charge in [0.2, 0.25) is 5.91 Å². The predicted molar refractivity (Wildman–Crippen MR) is 51.6 cm³/mol. The summed E-state index contributed by atoms with van der Waals surface area (Å²) in [5, 5.41) is 2.61. The fourth-order valence-electron chi connectivity index (χ4n) is 1.36. The average Bonchev–Trinajstić information content (AvgIpc) is 2.28. The number of carbonyl (C=O) groups excluding carboxylic acids is 2. The van der Waals surface area contributed by atoms with Crippen molar-refractivity contribution >= 4 is 11.9 Å². The van der Waals surface area contributed by atoms with Crippen molar-refractivity contribution in [3.05, 3.63) is 0 Å². The number of hydrogen-bond donors (Lipinski definition) is 1. The summed E-state index contributed by atoms with van der Waals surface area (Å²) in [5.74, 6) is -0.497. The first-order valence-corrected chi connectivity index (χ1v) is 4.83. The minimum Gasteiger partial charge on any atom is -0.458 e. The van der Waals surface area contributed by atoms with E-state index in [0.29, 0.717) is 6.42 Å². The van der Waals surface area contributed by atoms with Crippen molar-refractivity contribution in [1.82, 2.24) is 5.32 Å². The maximum Gasteiger partial charge on any atom is 0.329 e. The van der Waals surface area contributed by atoms with E-state index in [1.165, 1.54) is 0 Å². The largest absolute Gasteiger partial charge is 0.458 e. The van der Waals surface area contributed by atoms with E-state index < -0.39 is 11.6 Å². The summed E-state index contributed by atoms with van der Waals surface area (Å²) in [5.41, 5.74) is -0.492. The molecule has 0 saturated carbocycles. The van der Waals surface area contributed by atoms with Crippen LogP contribution in [-0.2, 0) is 14.3 Å². The minimum absolute atomic E-state index is 0.0686. The second kappa shape index (κ2) is 3.59. The van der Waals surface area contributed by atoms with Crippen molar-refractivity contribution in [2.45, 2.75) is 45.8 Å². The molecule has 0 spiro atoms. The third kappa shape index (κ3) is 2.72. The number of rotatable bonds is 1. The molecule has 0 aromatic heterocycles. The second-order valence-electron chi connectivity index (χ2n) is 4.73. The molecule has 1 aliphatic heterocycles. The van der Waals surface area contributed by atoms with Crippen LogP contribution in [0.25, 0.3) is 0 Å². The first-order chi connectivity index (χ1) is 6.29. The number of ether oxygens (including phenoxy) is 1. The van der Waals surface area contributed by atoms with Gasteiger partial charge in [0.05, 0.1) is 0 Å². The van der Waals surface area contributed by atoms with Gasteiger partial charge in [-0.1, -0.05) is 6.92 Å². The lowest BCUT2D eigenvalue weighted by Gasteiger charge is -2.21. The molecule has 2 atom stereocenters. The smallest absolute Gasteiger partial charge is 0.329 e. The van der Waals surface area contributed by atoms with Gasteiger partial charge in [-0.05, 0) is 27.2 Å². The highest BCUT2D eigenvalue weighted by molar-refractivity contribution is 5.89. The molecule has 80 valence electrons. The lowest BCUT2D eigenvalue weighted by Crippen LogP contribution is -2.38. The van der Waals surface area contributed by atoms with E-state index in [-0.39, 0.29) is 17.8 Å². The number of nitrogens with one attached hydrogen (secondary N) is 1. The van der Waals surface area contributed by atoms with E-state index in [1.807, 2.05) is 20.8 Å². The molecule has 4 nitrogen and oxygen atoms in total. The molecule has 4 heteroatoms. The zero-order valence-electron chi connectivity index (χ0n) is 9.09. The van der Waals surface area contributed by atoms with Crippen molar-refractivity contribution in [3.63, 3.8) is 0 Å². The van der Waals surface area contributed by atoms with Crippen molar-refractivity contribution in [2.75, 3.05) is 0 Å². The van der Waals surface area contributed by atoms with E-state index in [2.05, 4.69) is 5.32 Å². The Hall–Kier alpha value is -1.06. The molecule has 1 rings (SSSR count). The minimum atomic E-state index is -0.492. The molecule has 14 heavy (non-hydrogen) atoms. The van der Waals surface area contributed by atoms with Crippen LogP contribution in [0.5, 0.6) is 0 Å². The van der Waals surface area contributed by atoms with Gasteiger partial charge in [0.1, 0.15) is 11.6 Å². The van der Waals surface area contributed by atoms with E-state index in [0.717, 1.165) is 0 Å². The SMILES string of the molecule is C[C@@H]1C[C@@H](C(=O)OC(C)(C)C)NC1=O. The molecular formula is C10H17NO3. The van der Waals surface area contributed by atoms with Crippen LogP contribution in [-0.4, -0.2) is 23.5 Å². The molecule has 1 fully saturated rings. The zero-order chi connectivity index (χ0) is 10.9. The molecule has 1 aliphatic rings. The highest BCUT2D eigenvalue weighted by atomic mass is 16.6. The third-order valence-electron chi connectivity index (χ3n) is 2.04. The summed E-state index contributed by atoms with van der Waals surface area (Å²) < 4.78 is 5.16. The average molecular weight is 199 g/mol. The fourth-order valence-corrected chi connectivity index (χ4v) is 1.36. The highest BCUT2D eigenvalue weighted by Gasteiger charge is 2.35. The summed E-state index contributed by atoms with van der Waals surface area (Å²) in [6, 6.07) is -0.461. The summed E-state index contributed by atoms with van der Waals surface area (Å²) in [7, 11) is 0. The predicted octanol–water partition coefficient (Wildman–Crippen LogP) is 0.853. The Morgan fingerprint density at radius 2 is 2.07 bits per heavy atom. The maximum atomic E-state index is 11.5. The van der Waals surface area contributed by atoms with Gasteiger partial charge in [-0.15, -0.1) is 0 Å². The van der Waals surface area contributed by atoms with Gasteiger partial charge in [-0.3, -0.25) is 4.79 Å². The Kier molecular flexibility index (Phi) is 2.83. The van der Waals surface area contributed by atoms with Crippen LogP contribution in [0.3, 0.4) is 0 Å². The van der Waals surface area contributed by atoms with Gasteiger partial charge in [0.15, 0.2) is 0 Å². The van der Waals surface area contributed by atoms with E-state index >= 15 is 0 Å². The van der Waals surface area contributed by atoms with Crippen LogP contribution >= 0.6 is 0 Å². The lowest BCUT2D eigenvalue weighted by molar-refractivity contribution is -0.157. The van der Waals surface area contributed by atoms with Crippen molar-refractivity contribution in [3.8, 4) is 0 Å². The van der Waals surface area contributed by atoms with Crippen LogP contribution < -0.4 is 5.32 Å². The van der Waals surface area contributed by atoms with Crippen LogP contribution in [0.1, 0.15) is 34.1 Å². The molecule has 0 aliphatic carbocycles. The summed E-state index contributed by atoms with van der Waals surface area (Å²) >= 11 is 0. The van der Waals surface area contributed by atoms with Gasteiger partial charge < -0.3 is 10.1 Å². The molecule has 0 aromatic carbocycles. The number of hydrogen-bond acceptors (Lipinski definition) is 3. The van der Waals surface area contributed by atoms with Crippen LogP contribution in [0.15, 0.2) is 0 Å². The van der Waals surface area contributed by atoms with Gasteiger partial charge in [0, 0.05) is 5.92 Å². The Morgan fingerprint density at radius 1 is 1.50 bits per heavy atom. The zero-order valence-corrected chi connectivity index (χ0v) is 9.09. The summed E-state index contributed by atoms with van der Waals surface area (Å²) in [6.07, 6.45) is 0.535. The number of esters is 1. The Balaban J connectivity index is 2.52. The molecule has 1 N–H and O–H groups in total. The molecule has 0 radical (unpaired) electrons. The van der Waals surface area contributed by atoms with Gasteiger partial charge in [0.25, 0.3) is 0 Å². The molecular weight excluding hydrogens is 182 g/mol.